The molecule has 9 heteroatoms. The maximum absolute atomic E-state index is 12.9. The lowest BCUT2D eigenvalue weighted by Crippen LogP contribution is -2.38. The Balaban J connectivity index is 0.00000261. The summed E-state index contributed by atoms with van der Waals surface area (Å²) in [6, 6.07) is 8.14. The van der Waals surface area contributed by atoms with Crippen LogP contribution in [-0.4, -0.2) is 42.0 Å². The monoisotopic (exact) mass is 400 g/mol. The standard InChI is InChI=1S/C18H19F3N4O.ClH/c1-25(14-7-9-22-11-14)17(26)15-6-3-8-23-16(15)24-13-5-2-4-12(10-13)18(19,20)21;/h2-6,8,10,14,22H,7,9,11H2,1H3,(H,23,24);1H. The molecule has 1 aromatic carbocycles. The van der Waals surface area contributed by atoms with Gasteiger partial charge < -0.3 is 15.5 Å². The van der Waals surface area contributed by atoms with E-state index in [1.807, 2.05) is 0 Å². The highest BCUT2D eigenvalue weighted by atomic mass is 35.5. The fraction of sp³-hybridized carbons (Fsp3) is 0.333. The van der Waals surface area contributed by atoms with Gasteiger partial charge >= 0.3 is 6.18 Å². The first-order valence-electron chi connectivity index (χ1n) is 8.23. The Morgan fingerprint density at radius 1 is 1.30 bits per heavy atom. The zero-order chi connectivity index (χ0) is 18.7. The maximum Gasteiger partial charge on any atom is 0.416 e. The van der Waals surface area contributed by atoms with Crippen LogP contribution in [-0.2, 0) is 6.18 Å². The number of nitrogens with zero attached hydrogens (tertiary/aromatic N) is 2. The number of alkyl halides is 3. The fourth-order valence-corrected chi connectivity index (χ4v) is 2.91. The number of likely N-dealkylation sites (N-methyl/N-ethyl adjacent to an activating group) is 1. The molecule has 2 aromatic rings. The molecule has 146 valence electrons. The van der Waals surface area contributed by atoms with Gasteiger partial charge in [-0.1, -0.05) is 6.07 Å². The first kappa shape index (κ1) is 21.0. The SMILES string of the molecule is CN(C(=O)c1cccnc1Nc1cccc(C(F)(F)F)c1)C1CCNC1.Cl. The molecule has 1 saturated heterocycles. The number of aromatic nitrogens is 1. The van der Waals surface area contributed by atoms with E-state index in [-0.39, 0.29) is 35.9 Å². The summed E-state index contributed by atoms with van der Waals surface area (Å²) < 4.78 is 38.6. The molecular weight excluding hydrogens is 381 g/mol. The number of benzene rings is 1. The molecule has 27 heavy (non-hydrogen) atoms. The maximum atomic E-state index is 12.9. The smallest absolute Gasteiger partial charge is 0.340 e. The van der Waals surface area contributed by atoms with E-state index < -0.39 is 11.7 Å². The Morgan fingerprint density at radius 3 is 2.74 bits per heavy atom. The Labute approximate surface area is 161 Å². The van der Waals surface area contributed by atoms with Gasteiger partial charge in [-0.2, -0.15) is 13.2 Å². The van der Waals surface area contributed by atoms with Crippen molar-refractivity contribution >= 4 is 29.8 Å². The van der Waals surface area contributed by atoms with Crippen molar-refractivity contribution in [3.8, 4) is 0 Å². The Morgan fingerprint density at radius 2 is 2.07 bits per heavy atom. The Hall–Kier alpha value is -2.32. The number of anilines is 2. The molecule has 1 aliphatic rings. The molecule has 1 amide bonds. The summed E-state index contributed by atoms with van der Waals surface area (Å²) in [7, 11) is 1.72. The summed E-state index contributed by atoms with van der Waals surface area (Å²) in [5.41, 5.74) is -0.225. The average molecular weight is 401 g/mol. The van der Waals surface area contributed by atoms with Gasteiger partial charge in [0.1, 0.15) is 5.82 Å². The number of pyridine rings is 1. The van der Waals surface area contributed by atoms with Gasteiger partial charge in [0.2, 0.25) is 0 Å². The molecule has 1 aromatic heterocycles. The van der Waals surface area contributed by atoms with Crippen LogP contribution in [0.25, 0.3) is 0 Å². The molecule has 0 saturated carbocycles. The average Bonchev–Trinajstić information content (AvgIpc) is 3.15. The largest absolute Gasteiger partial charge is 0.416 e. The van der Waals surface area contributed by atoms with Gasteiger partial charge in [0, 0.05) is 31.5 Å². The van der Waals surface area contributed by atoms with Crippen molar-refractivity contribution in [2.75, 3.05) is 25.5 Å². The highest BCUT2D eigenvalue weighted by molar-refractivity contribution is 5.99. The topological polar surface area (TPSA) is 57.3 Å². The molecule has 0 aliphatic carbocycles. The van der Waals surface area contributed by atoms with Gasteiger partial charge in [-0.05, 0) is 43.3 Å². The summed E-state index contributed by atoms with van der Waals surface area (Å²) >= 11 is 0. The third kappa shape index (κ3) is 4.90. The normalized spacial score (nSPS) is 16.5. The van der Waals surface area contributed by atoms with Crippen molar-refractivity contribution in [3.05, 3.63) is 53.7 Å². The minimum atomic E-state index is -4.43. The highest BCUT2D eigenvalue weighted by Crippen LogP contribution is 2.31. The number of hydrogen-bond acceptors (Lipinski definition) is 4. The summed E-state index contributed by atoms with van der Waals surface area (Å²) in [4.78, 5) is 18.6. The van der Waals surface area contributed by atoms with Crippen LogP contribution in [0, 0.1) is 0 Å². The van der Waals surface area contributed by atoms with Crippen molar-refractivity contribution in [1.29, 1.82) is 0 Å². The molecule has 1 atom stereocenters. The quantitative estimate of drug-likeness (QED) is 0.821. The molecule has 1 aliphatic heterocycles. The van der Waals surface area contributed by atoms with E-state index >= 15 is 0 Å². The lowest BCUT2D eigenvalue weighted by molar-refractivity contribution is -0.137. The van der Waals surface area contributed by atoms with Crippen LogP contribution in [0.1, 0.15) is 22.3 Å². The third-order valence-corrected chi connectivity index (χ3v) is 4.39. The summed E-state index contributed by atoms with van der Waals surface area (Å²) in [6.07, 6.45) is -2.08. The van der Waals surface area contributed by atoms with E-state index in [0.717, 1.165) is 31.6 Å². The van der Waals surface area contributed by atoms with Gasteiger partial charge in [0.15, 0.2) is 0 Å². The first-order valence-corrected chi connectivity index (χ1v) is 8.23. The molecule has 3 rings (SSSR count). The van der Waals surface area contributed by atoms with Crippen LogP contribution < -0.4 is 10.6 Å². The summed E-state index contributed by atoms with van der Waals surface area (Å²) in [6.45, 7) is 1.57. The number of carbonyl (C=O) groups excluding carboxylic acids is 1. The minimum Gasteiger partial charge on any atom is -0.340 e. The lowest BCUT2D eigenvalue weighted by Gasteiger charge is -2.24. The summed E-state index contributed by atoms with van der Waals surface area (Å²) in [5.74, 6) is 0.0101. The van der Waals surface area contributed by atoms with Crippen molar-refractivity contribution in [2.45, 2.75) is 18.6 Å². The lowest BCUT2D eigenvalue weighted by atomic mass is 10.1. The van der Waals surface area contributed by atoms with Crippen molar-refractivity contribution in [2.24, 2.45) is 0 Å². The summed E-state index contributed by atoms with van der Waals surface area (Å²) in [5, 5.41) is 6.04. The van der Waals surface area contributed by atoms with E-state index in [0.29, 0.717) is 5.56 Å². The van der Waals surface area contributed by atoms with Crippen LogP contribution in [0.15, 0.2) is 42.6 Å². The predicted octanol–water partition coefficient (Wildman–Crippen LogP) is 3.70. The zero-order valence-electron chi connectivity index (χ0n) is 14.6. The van der Waals surface area contributed by atoms with Crippen LogP contribution >= 0.6 is 12.4 Å². The first-order chi connectivity index (χ1) is 12.4. The van der Waals surface area contributed by atoms with Crippen LogP contribution in [0.2, 0.25) is 0 Å². The molecular formula is C18H20ClF3N4O. The van der Waals surface area contributed by atoms with Gasteiger partial charge in [0.05, 0.1) is 11.1 Å². The minimum absolute atomic E-state index is 0. The number of carbonyl (C=O) groups is 1. The van der Waals surface area contributed by atoms with E-state index in [4.69, 9.17) is 0 Å². The molecule has 2 heterocycles. The fourth-order valence-electron chi connectivity index (χ4n) is 2.91. The van der Waals surface area contributed by atoms with Gasteiger partial charge in [-0.15, -0.1) is 12.4 Å². The number of rotatable bonds is 4. The van der Waals surface area contributed by atoms with E-state index in [1.165, 1.54) is 18.3 Å². The third-order valence-electron chi connectivity index (χ3n) is 4.39. The number of nitrogens with one attached hydrogen (secondary N) is 2. The number of hydrogen-bond donors (Lipinski definition) is 2. The second kappa shape index (κ2) is 8.58. The van der Waals surface area contributed by atoms with Crippen LogP contribution in [0.3, 0.4) is 0 Å². The van der Waals surface area contributed by atoms with E-state index in [2.05, 4.69) is 15.6 Å². The molecule has 0 bridgehead atoms. The molecule has 1 fully saturated rings. The number of amides is 1. The highest BCUT2D eigenvalue weighted by Gasteiger charge is 2.30. The van der Waals surface area contributed by atoms with Crippen molar-refractivity contribution < 1.29 is 18.0 Å². The second-order valence-corrected chi connectivity index (χ2v) is 6.17. The van der Waals surface area contributed by atoms with Gasteiger partial charge in [-0.25, -0.2) is 4.98 Å². The Kier molecular flexibility index (Phi) is 6.67. The molecule has 2 N–H and O–H groups in total. The van der Waals surface area contributed by atoms with E-state index in [1.54, 1.807) is 24.1 Å². The van der Waals surface area contributed by atoms with Crippen molar-refractivity contribution in [3.63, 3.8) is 0 Å². The molecule has 0 radical (unpaired) electrons. The zero-order valence-corrected chi connectivity index (χ0v) is 15.4. The van der Waals surface area contributed by atoms with Crippen LogP contribution in [0.4, 0.5) is 24.7 Å². The Bertz CT molecular complexity index is 794. The second-order valence-electron chi connectivity index (χ2n) is 6.17. The van der Waals surface area contributed by atoms with Crippen LogP contribution in [0.5, 0.6) is 0 Å². The predicted molar refractivity (Wildman–Crippen MR) is 99.6 cm³/mol. The van der Waals surface area contributed by atoms with E-state index in [9.17, 15) is 18.0 Å². The number of halogens is 4. The molecule has 5 nitrogen and oxygen atoms in total. The molecule has 0 spiro atoms. The van der Waals surface area contributed by atoms with Gasteiger partial charge in [-0.3, -0.25) is 4.79 Å². The van der Waals surface area contributed by atoms with Crippen molar-refractivity contribution in [1.82, 2.24) is 15.2 Å². The van der Waals surface area contributed by atoms with Gasteiger partial charge in [0.25, 0.3) is 5.91 Å². The molecule has 1 unspecified atom stereocenters.